The molecule has 0 heterocycles. The molecule has 0 aliphatic carbocycles. The van der Waals surface area contributed by atoms with Gasteiger partial charge in [-0.05, 0) is 0 Å². The van der Waals surface area contributed by atoms with Crippen molar-refractivity contribution in [3.05, 3.63) is 30.3 Å². The van der Waals surface area contributed by atoms with Crippen LogP contribution in [0.5, 0.6) is 0 Å². The van der Waals surface area contributed by atoms with Crippen LogP contribution in [0, 0.1) is 0 Å². The van der Waals surface area contributed by atoms with Gasteiger partial charge in [-0.1, -0.05) is 62.3 Å². The maximum atomic E-state index is 2.25. The van der Waals surface area contributed by atoms with E-state index in [1.54, 1.807) is 0 Å². The Balaban J connectivity index is 0.00000121. The van der Waals surface area contributed by atoms with Crippen LogP contribution < -0.4 is 5.46 Å². The SMILES string of the molecule is CCB(CC)c1ccccc1.[B]. The van der Waals surface area contributed by atoms with Crippen molar-refractivity contribution in [1.82, 2.24) is 0 Å². The van der Waals surface area contributed by atoms with Crippen LogP contribution in [0.2, 0.25) is 12.6 Å². The second-order valence-corrected chi connectivity index (χ2v) is 2.92. The molecule has 0 amide bonds. The van der Waals surface area contributed by atoms with Gasteiger partial charge < -0.3 is 0 Å². The molecule has 0 aliphatic rings. The molecule has 1 rings (SSSR count). The second-order valence-electron chi connectivity index (χ2n) is 2.92. The van der Waals surface area contributed by atoms with Gasteiger partial charge in [-0.3, -0.25) is 0 Å². The van der Waals surface area contributed by atoms with E-state index < -0.39 is 0 Å². The Morgan fingerprint density at radius 1 is 1.00 bits per heavy atom. The summed E-state index contributed by atoms with van der Waals surface area (Å²) in [5.74, 6) is 0. The van der Waals surface area contributed by atoms with Gasteiger partial charge in [-0.25, -0.2) is 0 Å². The fourth-order valence-corrected chi connectivity index (χ4v) is 1.49. The normalized spacial score (nSPS) is 8.83. The third-order valence-corrected chi connectivity index (χ3v) is 2.26. The summed E-state index contributed by atoms with van der Waals surface area (Å²) >= 11 is 0. The summed E-state index contributed by atoms with van der Waals surface area (Å²) in [4.78, 5) is 0. The van der Waals surface area contributed by atoms with E-state index in [1.807, 2.05) is 0 Å². The first-order chi connectivity index (χ1) is 5.38. The molecule has 0 spiro atoms. The van der Waals surface area contributed by atoms with Crippen molar-refractivity contribution >= 4 is 20.6 Å². The summed E-state index contributed by atoms with van der Waals surface area (Å²) in [5, 5.41) is 0. The van der Waals surface area contributed by atoms with Crippen molar-refractivity contribution in [2.75, 3.05) is 0 Å². The Bertz CT molecular complexity index is 192. The van der Waals surface area contributed by atoms with E-state index in [1.165, 1.54) is 18.1 Å². The first-order valence-electron chi connectivity index (χ1n) is 4.43. The van der Waals surface area contributed by atoms with Crippen molar-refractivity contribution in [3.8, 4) is 0 Å². The van der Waals surface area contributed by atoms with Crippen molar-refractivity contribution in [3.63, 3.8) is 0 Å². The van der Waals surface area contributed by atoms with E-state index in [9.17, 15) is 0 Å². The molecular formula is C10H15B2. The summed E-state index contributed by atoms with van der Waals surface area (Å²) in [5.41, 5.74) is 1.48. The molecule has 0 unspecified atom stereocenters. The monoisotopic (exact) mass is 157 g/mol. The van der Waals surface area contributed by atoms with Crippen LogP contribution >= 0.6 is 0 Å². The first-order valence-corrected chi connectivity index (χ1v) is 4.43. The van der Waals surface area contributed by atoms with E-state index in [0.717, 1.165) is 6.71 Å². The van der Waals surface area contributed by atoms with Gasteiger partial charge in [0.15, 0.2) is 6.71 Å². The molecule has 0 aliphatic heterocycles. The molecule has 0 nitrogen and oxygen atoms in total. The van der Waals surface area contributed by atoms with Gasteiger partial charge >= 0.3 is 0 Å². The van der Waals surface area contributed by atoms with Crippen molar-refractivity contribution in [2.24, 2.45) is 0 Å². The minimum atomic E-state index is 0. The standard InChI is InChI=1S/C10H15B.B/c1-3-11(4-2)10-8-6-5-7-9-10;/h5-9H,3-4H2,1-2H3;. The number of rotatable bonds is 3. The molecule has 0 bridgehead atoms. The van der Waals surface area contributed by atoms with Gasteiger partial charge in [0, 0.05) is 8.41 Å². The average molecular weight is 157 g/mol. The largest absolute Gasteiger partial charge is 0.175 e. The van der Waals surface area contributed by atoms with E-state index >= 15 is 0 Å². The van der Waals surface area contributed by atoms with E-state index in [-0.39, 0.29) is 8.41 Å². The lowest BCUT2D eigenvalue weighted by Gasteiger charge is -2.07. The molecule has 0 aromatic heterocycles. The van der Waals surface area contributed by atoms with Crippen molar-refractivity contribution < 1.29 is 0 Å². The first kappa shape index (κ1) is 11.3. The number of hydrogen-bond donors (Lipinski definition) is 0. The Hall–Kier alpha value is -0.650. The van der Waals surface area contributed by atoms with E-state index in [2.05, 4.69) is 44.2 Å². The minimum Gasteiger partial charge on any atom is -0.0801 e. The van der Waals surface area contributed by atoms with Crippen LogP contribution in [0.1, 0.15) is 13.8 Å². The predicted molar refractivity (Wildman–Crippen MR) is 58.5 cm³/mol. The lowest BCUT2D eigenvalue weighted by atomic mass is 9.41. The maximum Gasteiger partial charge on any atom is 0.175 e. The highest BCUT2D eigenvalue weighted by molar-refractivity contribution is 6.73. The molecule has 12 heavy (non-hydrogen) atoms. The summed E-state index contributed by atoms with van der Waals surface area (Å²) in [6, 6.07) is 10.8. The Kier molecular flexibility index (Phi) is 5.61. The summed E-state index contributed by atoms with van der Waals surface area (Å²) < 4.78 is 0. The van der Waals surface area contributed by atoms with Gasteiger partial charge in [0.25, 0.3) is 0 Å². The summed E-state index contributed by atoms with van der Waals surface area (Å²) in [7, 11) is 0. The highest BCUT2D eigenvalue weighted by Gasteiger charge is 2.09. The molecule has 1 aromatic rings. The van der Waals surface area contributed by atoms with Crippen LogP contribution in [-0.4, -0.2) is 15.1 Å². The molecule has 0 atom stereocenters. The third-order valence-electron chi connectivity index (χ3n) is 2.26. The van der Waals surface area contributed by atoms with Gasteiger partial charge in [-0.2, -0.15) is 0 Å². The molecule has 0 fully saturated rings. The van der Waals surface area contributed by atoms with Crippen LogP contribution in [0.15, 0.2) is 30.3 Å². The van der Waals surface area contributed by atoms with Crippen molar-refractivity contribution in [2.45, 2.75) is 26.5 Å². The zero-order valence-corrected chi connectivity index (χ0v) is 7.96. The van der Waals surface area contributed by atoms with Crippen LogP contribution in [-0.2, 0) is 0 Å². The fourth-order valence-electron chi connectivity index (χ4n) is 1.49. The molecule has 1 aromatic carbocycles. The zero-order valence-electron chi connectivity index (χ0n) is 7.96. The minimum absolute atomic E-state index is 0. The van der Waals surface area contributed by atoms with Crippen LogP contribution in [0.25, 0.3) is 0 Å². The topological polar surface area (TPSA) is 0 Å². The highest BCUT2D eigenvalue weighted by atomic mass is 13.8. The number of hydrogen-bond acceptors (Lipinski definition) is 0. The lowest BCUT2D eigenvalue weighted by molar-refractivity contribution is 1.33. The molecular weight excluding hydrogens is 142 g/mol. The smallest absolute Gasteiger partial charge is 0.0801 e. The van der Waals surface area contributed by atoms with E-state index in [4.69, 9.17) is 0 Å². The Morgan fingerprint density at radius 2 is 1.50 bits per heavy atom. The second kappa shape index (κ2) is 5.93. The molecule has 0 saturated heterocycles. The Labute approximate surface area is 78.0 Å². The molecule has 0 saturated carbocycles. The molecule has 0 N–H and O–H groups in total. The number of benzene rings is 1. The molecule has 3 radical (unpaired) electrons. The Morgan fingerprint density at radius 3 is 1.92 bits per heavy atom. The average Bonchev–Trinajstić information content (AvgIpc) is 2.09. The summed E-state index contributed by atoms with van der Waals surface area (Å²) in [6.45, 7) is 5.26. The van der Waals surface area contributed by atoms with Crippen LogP contribution in [0.4, 0.5) is 0 Å². The zero-order chi connectivity index (χ0) is 8.10. The quantitative estimate of drug-likeness (QED) is 0.588. The van der Waals surface area contributed by atoms with Gasteiger partial charge in [0.1, 0.15) is 0 Å². The third kappa shape index (κ3) is 2.77. The predicted octanol–water partition coefficient (Wildman–Crippen LogP) is 2.05. The van der Waals surface area contributed by atoms with Gasteiger partial charge in [-0.15, -0.1) is 0 Å². The highest BCUT2D eigenvalue weighted by Crippen LogP contribution is 1.98. The van der Waals surface area contributed by atoms with Gasteiger partial charge in [0.05, 0.1) is 0 Å². The van der Waals surface area contributed by atoms with E-state index in [0.29, 0.717) is 0 Å². The van der Waals surface area contributed by atoms with Gasteiger partial charge in [0.2, 0.25) is 0 Å². The maximum absolute atomic E-state index is 2.25. The fraction of sp³-hybridized carbons (Fsp3) is 0.400. The van der Waals surface area contributed by atoms with Crippen LogP contribution in [0.3, 0.4) is 0 Å². The summed E-state index contributed by atoms with van der Waals surface area (Å²) in [6.07, 6.45) is 2.50. The molecule has 2 heteroatoms. The van der Waals surface area contributed by atoms with Crippen molar-refractivity contribution in [1.29, 1.82) is 0 Å². The lowest BCUT2D eigenvalue weighted by Crippen LogP contribution is -2.27. The molecule has 61 valence electrons.